The summed E-state index contributed by atoms with van der Waals surface area (Å²) in [4.78, 5) is 0. The van der Waals surface area contributed by atoms with Crippen LogP contribution in [0.25, 0.3) is 0 Å². The first kappa shape index (κ1) is 13.4. The summed E-state index contributed by atoms with van der Waals surface area (Å²) in [6.45, 7) is 5.22. The molecule has 0 saturated carbocycles. The molecule has 19 heavy (non-hydrogen) atoms. The van der Waals surface area contributed by atoms with Crippen molar-refractivity contribution in [3.8, 4) is 11.8 Å². The van der Waals surface area contributed by atoms with Gasteiger partial charge in [0.15, 0.2) is 0 Å². The number of halogens is 1. The van der Waals surface area contributed by atoms with E-state index >= 15 is 0 Å². The lowest BCUT2D eigenvalue weighted by atomic mass is 10.2. The van der Waals surface area contributed by atoms with Gasteiger partial charge >= 0.3 is 0 Å². The van der Waals surface area contributed by atoms with E-state index in [9.17, 15) is 0 Å². The molecule has 0 saturated heterocycles. The van der Waals surface area contributed by atoms with Crippen LogP contribution in [-0.2, 0) is 13.2 Å². The molecular weight excluding hydrogens is 262 g/mol. The predicted octanol–water partition coefficient (Wildman–Crippen LogP) is 3.32. The van der Waals surface area contributed by atoms with Crippen molar-refractivity contribution in [1.82, 2.24) is 9.78 Å². The van der Waals surface area contributed by atoms with E-state index in [1.807, 2.05) is 30.7 Å². The lowest BCUT2D eigenvalue weighted by Crippen LogP contribution is -2.06. The molecule has 0 spiro atoms. The second kappa shape index (κ2) is 5.77. The van der Waals surface area contributed by atoms with Crippen molar-refractivity contribution in [2.45, 2.75) is 27.0 Å². The Morgan fingerprint density at radius 1 is 1.42 bits per heavy atom. The molecular formula is C14H14ClN3O. The van der Waals surface area contributed by atoms with Gasteiger partial charge in [-0.15, -0.1) is 0 Å². The van der Waals surface area contributed by atoms with Gasteiger partial charge in [-0.3, -0.25) is 4.68 Å². The molecule has 0 radical (unpaired) electrons. The van der Waals surface area contributed by atoms with Crippen molar-refractivity contribution in [3.63, 3.8) is 0 Å². The fraction of sp³-hybridized carbons (Fsp3) is 0.286. The average molecular weight is 276 g/mol. The summed E-state index contributed by atoms with van der Waals surface area (Å²) < 4.78 is 7.58. The molecule has 1 aromatic carbocycles. The molecule has 0 atom stereocenters. The highest BCUT2D eigenvalue weighted by molar-refractivity contribution is 6.31. The smallest absolute Gasteiger partial charge is 0.130 e. The molecule has 0 bridgehead atoms. The summed E-state index contributed by atoms with van der Waals surface area (Å²) in [6, 6.07) is 9.06. The predicted molar refractivity (Wildman–Crippen MR) is 73.1 cm³/mol. The number of nitriles is 1. The molecule has 2 rings (SSSR count). The van der Waals surface area contributed by atoms with Crippen molar-refractivity contribution in [3.05, 3.63) is 46.2 Å². The molecule has 0 aliphatic heterocycles. The summed E-state index contributed by atoms with van der Waals surface area (Å²) in [5, 5.41) is 13.6. The highest BCUT2D eigenvalue weighted by Gasteiger charge is 2.06. The number of benzene rings is 1. The first-order valence-corrected chi connectivity index (χ1v) is 6.37. The van der Waals surface area contributed by atoms with Crippen LogP contribution in [0.15, 0.2) is 24.3 Å². The second-order valence-corrected chi connectivity index (χ2v) is 4.54. The second-order valence-electron chi connectivity index (χ2n) is 4.13. The van der Waals surface area contributed by atoms with Crippen LogP contribution in [0.3, 0.4) is 0 Å². The lowest BCUT2D eigenvalue weighted by Gasteiger charge is -2.08. The lowest BCUT2D eigenvalue weighted by molar-refractivity contribution is 0.292. The summed E-state index contributed by atoms with van der Waals surface area (Å²) >= 11 is 5.95. The van der Waals surface area contributed by atoms with Gasteiger partial charge in [-0.2, -0.15) is 10.4 Å². The maximum Gasteiger partial charge on any atom is 0.130 e. The van der Waals surface area contributed by atoms with E-state index in [-0.39, 0.29) is 0 Å². The first-order chi connectivity index (χ1) is 9.13. The number of hydrogen-bond acceptors (Lipinski definition) is 3. The zero-order valence-corrected chi connectivity index (χ0v) is 11.6. The zero-order chi connectivity index (χ0) is 13.8. The van der Waals surface area contributed by atoms with Crippen molar-refractivity contribution < 1.29 is 4.74 Å². The topological polar surface area (TPSA) is 50.8 Å². The first-order valence-electron chi connectivity index (χ1n) is 5.99. The van der Waals surface area contributed by atoms with Crippen molar-refractivity contribution in [2.75, 3.05) is 0 Å². The van der Waals surface area contributed by atoms with Gasteiger partial charge in [-0.25, -0.2) is 0 Å². The van der Waals surface area contributed by atoms with Crippen molar-refractivity contribution in [1.29, 1.82) is 5.26 Å². The number of ether oxygens (including phenoxy) is 1. The van der Waals surface area contributed by atoms with Crippen LogP contribution in [0.5, 0.6) is 5.75 Å². The minimum absolute atomic E-state index is 0.403. The maximum atomic E-state index is 8.80. The van der Waals surface area contributed by atoms with Gasteiger partial charge in [0.1, 0.15) is 18.4 Å². The molecule has 2 aromatic rings. The van der Waals surface area contributed by atoms with Gasteiger partial charge in [0, 0.05) is 12.6 Å². The van der Waals surface area contributed by atoms with E-state index in [1.54, 1.807) is 18.2 Å². The fourth-order valence-electron chi connectivity index (χ4n) is 1.82. The molecule has 0 N–H and O–H groups in total. The van der Waals surface area contributed by atoms with Crippen LogP contribution in [0.1, 0.15) is 23.9 Å². The minimum atomic E-state index is 0.403. The normalized spacial score (nSPS) is 10.2. The van der Waals surface area contributed by atoms with Gasteiger partial charge in [0.2, 0.25) is 0 Å². The molecule has 1 heterocycles. The molecule has 0 amide bonds. The van der Waals surface area contributed by atoms with Gasteiger partial charge in [0.05, 0.1) is 22.0 Å². The molecule has 0 aliphatic rings. The average Bonchev–Trinajstić information content (AvgIpc) is 2.77. The number of hydrogen-bond donors (Lipinski definition) is 0. The maximum absolute atomic E-state index is 8.80. The van der Waals surface area contributed by atoms with Crippen molar-refractivity contribution in [2.24, 2.45) is 0 Å². The Hall–Kier alpha value is -1.99. The highest BCUT2D eigenvalue weighted by Crippen LogP contribution is 2.22. The van der Waals surface area contributed by atoms with Crippen LogP contribution in [0, 0.1) is 18.3 Å². The number of nitrogens with zero attached hydrogens (tertiary/aromatic N) is 3. The van der Waals surface area contributed by atoms with Gasteiger partial charge in [0.25, 0.3) is 0 Å². The van der Waals surface area contributed by atoms with Crippen LogP contribution in [0.4, 0.5) is 0 Å². The Labute approximate surface area is 117 Å². The summed E-state index contributed by atoms with van der Waals surface area (Å²) in [7, 11) is 0. The molecule has 98 valence electrons. The number of rotatable bonds is 4. The summed E-state index contributed by atoms with van der Waals surface area (Å²) in [5.41, 5.74) is 2.43. The van der Waals surface area contributed by atoms with E-state index in [2.05, 4.69) is 5.10 Å². The standard InChI is InChI=1S/C14H14ClN3O/c1-3-18-12(6-10(2)17-18)9-19-13-5-4-11(8-16)14(15)7-13/h4-7H,3,9H2,1-2H3. The Kier molecular flexibility index (Phi) is 4.08. The van der Waals surface area contributed by atoms with E-state index in [0.29, 0.717) is 22.9 Å². The fourth-order valence-corrected chi connectivity index (χ4v) is 2.04. The number of aryl methyl sites for hydroxylation is 2. The van der Waals surface area contributed by atoms with Crippen molar-refractivity contribution >= 4 is 11.6 Å². The zero-order valence-electron chi connectivity index (χ0n) is 10.9. The highest BCUT2D eigenvalue weighted by atomic mass is 35.5. The third-order valence-electron chi connectivity index (χ3n) is 2.73. The monoisotopic (exact) mass is 275 g/mol. The largest absolute Gasteiger partial charge is 0.487 e. The van der Waals surface area contributed by atoms with E-state index in [1.165, 1.54) is 0 Å². The van der Waals surface area contributed by atoms with Gasteiger partial charge < -0.3 is 4.74 Å². The molecule has 0 aliphatic carbocycles. The van der Waals surface area contributed by atoms with Gasteiger partial charge in [-0.05, 0) is 32.0 Å². The molecule has 5 heteroatoms. The molecule has 0 unspecified atom stereocenters. The SMILES string of the molecule is CCn1nc(C)cc1COc1ccc(C#N)c(Cl)c1. The van der Waals surface area contributed by atoms with E-state index in [0.717, 1.165) is 17.9 Å². The summed E-state index contributed by atoms with van der Waals surface area (Å²) in [5.74, 6) is 0.644. The summed E-state index contributed by atoms with van der Waals surface area (Å²) in [6.07, 6.45) is 0. The molecule has 0 fully saturated rings. The van der Waals surface area contributed by atoms with Crippen LogP contribution in [0.2, 0.25) is 5.02 Å². The van der Waals surface area contributed by atoms with Crippen LogP contribution in [-0.4, -0.2) is 9.78 Å². The van der Waals surface area contributed by atoms with E-state index in [4.69, 9.17) is 21.6 Å². The van der Waals surface area contributed by atoms with Gasteiger partial charge in [-0.1, -0.05) is 11.6 Å². The van der Waals surface area contributed by atoms with E-state index < -0.39 is 0 Å². The third-order valence-corrected chi connectivity index (χ3v) is 3.05. The van der Waals surface area contributed by atoms with Crippen LogP contribution >= 0.6 is 11.6 Å². The molecule has 4 nitrogen and oxygen atoms in total. The Morgan fingerprint density at radius 3 is 2.84 bits per heavy atom. The third kappa shape index (κ3) is 3.07. The quantitative estimate of drug-likeness (QED) is 0.860. The number of aromatic nitrogens is 2. The van der Waals surface area contributed by atoms with Crippen LogP contribution < -0.4 is 4.74 Å². The Morgan fingerprint density at radius 2 is 2.21 bits per heavy atom. The Bertz CT molecular complexity index is 628. The Balaban J connectivity index is 2.10. The molecule has 1 aromatic heterocycles. The minimum Gasteiger partial charge on any atom is -0.487 e.